The van der Waals surface area contributed by atoms with Crippen molar-refractivity contribution in [3.63, 3.8) is 0 Å². The number of aromatic amines is 1. The molecule has 0 aliphatic carbocycles. The number of hydrogen-bond acceptors (Lipinski definition) is 2. The Bertz CT molecular complexity index is 801. The topological polar surface area (TPSA) is 56.3 Å². The Morgan fingerprint density at radius 1 is 0.963 bits per heavy atom. The minimum absolute atomic E-state index is 0.323. The molecule has 1 aromatic heterocycles. The van der Waals surface area contributed by atoms with Crippen LogP contribution < -0.4 is 0 Å². The molecule has 4 nitrogen and oxygen atoms in total. The average Bonchev–Trinajstić information content (AvgIpc) is 2.85. The number of para-hydroxylation sites is 1. The summed E-state index contributed by atoms with van der Waals surface area (Å²) in [7, 11) is 0. The fraction of sp³-hybridized carbons (Fsp3) is 0.609. The second kappa shape index (κ2) is 6.66. The highest BCUT2D eigenvalue weighted by atomic mass is 16.4. The predicted octanol–water partition coefficient (Wildman–Crippen LogP) is 5.48. The molecule has 0 amide bonds. The number of carboxylic acids is 1. The van der Waals surface area contributed by atoms with E-state index in [2.05, 4.69) is 57.5 Å². The highest BCUT2D eigenvalue weighted by Crippen LogP contribution is 2.47. The first-order valence-electron chi connectivity index (χ1n) is 9.71. The number of rotatable bonds is 4. The summed E-state index contributed by atoms with van der Waals surface area (Å²) in [5.74, 6) is -0.773. The van der Waals surface area contributed by atoms with Gasteiger partial charge in [0.05, 0.1) is 0 Å². The van der Waals surface area contributed by atoms with Crippen molar-refractivity contribution in [3.05, 3.63) is 36.0 Å². The quantitative estimate of drug-likeness (QED) is 0.747. The van der Waals surface area contributed by atoms with E-state index in [1.165, 1.54) is 0 Å². The third kappa shape index (κ3) is 3.77. The number of benzene rings is 1. The fourth-order valence-electron chi connectivity index (χ4n) is 4.88. The molecule has 2 rings (SSSR count). The normalized spacial score (nSPS) is 15.9. The molecule has 2 N–H and O–H groups in total. The van der Waals surface area contributed by atoms with E-state index in [4.69, 9.17) is 0 Å². The molecule has 0 radical (unpaired) electrons. The Hall–Kier alpha value is -1.81. The second-order valence-corrected chi connectivity index (χ2v) is 10.6. The van der Waals surface area contributed by atoms with E-state index in [0.29, 0.717) is 6.42 Å². The van der Waals surface area contributed by atoms with Gasteiger partial charge in [0, 0.05) is 34.6 Å². The zero-order valence-electron chi connectivity index (χ0n) is 18.4. The van der Waals surface area contributed by atoms with Crippen LogP contribution in [0.5, 0.6) is 0 Å². The first-order chi connectivity index (χ1) is 12.1. The zero-order valence-corrected chi connectivity index (χ0v) is 18.4. The van der Waals surface area contributed by atoms with Gasteiger partial charge in [0.15, 0.2) is 0 Å². The summed E-state index contributed by atoms with van der Waals surface area (Å²) >= 11 is 0. The number of nitrogens with zero attached hydrogens (tertiary/aromatic N) is 1. The SMILES string of the molecule is CC(C)(C)N(C(C)(C)C)[C@@](Cc1c[nH]c2ccccc12)(C(=O)O)C(C)(C)C. The monoisotopic (exact) mass is 372 g/mol. The number of nitrogens with one attached hydrogen (secondary N) is 1. The Balaban J connectivity index is 2.79. The number of H-pyrrole nitrogens is 1. The number of carboxylic acid groups (broad SMARTS) is 1. The van der Waals surface area contributed by atoms with Gasteiger partial charge in [-0.25, -0.2) is 0 Å². The van der Waals surface area contributed by atoms with Crippen LogP contribution in [0.4, 0.5) is 0 Å². The van der Waals surface area contributed by atoms with E-state index in [0.717, 1.165) is 16.5 Å². The van der Waals surface area contributed by atoms with E-state index in [1.807, 2.05) is 45.2 Å². The third-order valence-corrected chi connectivity index (χ3v) is 5.44. The van der Waals surface area contributed by atoms with Crippen LogP contribution in [0.15, 0.2) is 30.5 Å². The first-order valence-corrected chi connectivity index (χ1v) is 9.71. The van der Waals surface area contributed by atoms with Gasteiger partial charge in [-0.15, -0.1) is 0 Å². The maximum Gasteiger partial charge on any atom is 0.325 e. The lowest BCUT2D eigenvalue weighted by molar-refractivity contribution is -0.179. The first kappa shape index (κ1) is 21.5. The van der Waals surface area contributed by atoms with Crippen molar-refractivity contribution in [2.24, 2.45) is 5.41 Å². The predicted molar refractivity (Wildman–Crippen MR) is 113 cm³/mol. The second-order valence-electron chi connectivity index (χ2n) is 10.6. The summed E-state index contributed by atoms with van der Waals surface area (Å²) in [4.78, 5) is 18.5. The molecule has 0 spiro atoms. The lowest BCUT2D eigenvalue weighted by atomic mass is 9.65. The molecule has 0 aliphatic heterocycles. The Morgan fingerprint density at radius 2 is 1.48 bits per heavy atom. The summed E-state index contributed by atoms with van der Waals surface area (Å²) in [5, 5.41) is 11.8. The molecular weight excluding hydrogens is 336 g/mol. The van der Waals surface area contributed by atoms with Gasteiger partial charge in [0.25, 0.3) is 0 Å². The lowest BCUT2D eigenvalue weighted by Crippen LogP contribution is -2.73. The summed E-state index contributed by atoms with van der Waals surface area (Å²) in [6.07, 6.45) is 2.40. The maximum absolute atomic E-state index is 13.0. The molecule has 1 atom stereocenters. The average molecular weight is 373 g/mol. The van der Waals surface area contributed by atoms with Gasteiger partial charge in [-0.1, -0.05) is 39.0 Å². The van der Waals surface area contributed by atoms with Crippen molar-refractivity contribution in [1.29, 1.82) is 0 Å². The molecule has 1 heterocycles. The molecule has 0 fully saturated rings. The molecule has 0 unspecified atom stereocenters. The number of hydrogen-bond donors (Lipinski definition) is 2. The van der Waals surface area contributed by atoms with Gasteiger partial charge in [-0.3, -0.25) is 9.69 Å². The van der Waals surface area contributed by atoms with Gasteiger partial charge in [-0.2, -0.15) is 0 Å². The highest BCUT2D eigenvalue weighted by Gasteiger charge is 2.59. The zero-order chi connectivity index (χ0) is 20.8. The van der Waals surface area contributed by atoms with E-state index in [1.54, 1.807) is 0 Å². The molecule has 2 aromatic rings. The third-order valence-electron chi connectivity index (χ3n) is 5.44. The van der Waals surface area contributed by atoms with E-state index < -0.39 is 16.9 Å². The Morgan fingerprint density at radius 3 is 1.93 bits per heavy atom. The molecule has 0 aliphatic rings. The Labute approximate surface area is 164 Å². The van der Waals surface area contributed by atoms with Crippen LogP contribution >= 0.6 is 0 Å². The highest BCUT2D eigenvalue weighted by molar-refractivity contribution is 5.86. The molecule has 150 valence electrons. The van der Waals surface area contributed by atoms with Crippen molar-refractivity contribution in [3.8, 4) is 0 Å². The van der Waals surface area contributed by atoms with Gasteiger partial charge < -0.3 is 10.1 Å². The maximum atomic E-state index is 13.0. The fourth-order valence-corrected chi connectivity index (χ4v) is 4.88. The largest absolute Gasteiger partial charge is 0.480 e. The summed E-state index contributed by atoms with van der Waals surface area (Å²) < 4.78 is 0. The summed E-state index contributed by atoms with van der Waals surface area (Å²) in [6.45, 7) is 18.8. The number of carbonyl (C=O) groups is 1. The summed E-state index contributed by atoms with van der Waals surface area (Å²) in [6, 6.07) is 8.09. The van der Waals surface area contributed by atoms with Gasteiger partial charge in [0.2, 0.25) is 0 Å². The van der Waals surface area contributed by atoms with Gasteiger partial charge >= 0.3 is 5.97 Å². The van der Waals surface area contributed by atoms with Crippen LogP contribution in [0.1, 0.15) is 67.9 Å². The molecule has 4 heteroatoms. The smallest absolute Gasteiger partial charge is 0.325 e. The number of fused-ring (bicyclic) bond motifs is 1. The number of aliphatic carboxylic acids is 1. The van der Waals surface area contributed by atoms with Crippen molar-refractivity contribution < 1.29 is 9.90 Å². The van der Waals surface area contributed by atoms with Crippen molar-refractivity contribution >= 4 is 16.9 Å². The van der Waals surface area contributed by atoms with E-state index >= 15 is 0 Å². The Kier molecular flexibility index (Phi) is 5.30. The van der Waals surface area contributed by atoms with Crippen molar-refractivity contribution in [2.45, 2.75) is 85.4 Å². The molecule has 27 heavy (non-hydrogen) atoms. The van der Waals surface area contributed by atoms with Crippen LogP contribution in [0.2, 0.25) is 0 Å². The van der Waals surface area contributed by atoms with E-state index in [9.17, 15) is 9.90 Å². The van der Waals surface area contributed by atoms with Gasteiger partial charge in [-0.05, 0) is 58.6 Å². The minimum atomic E-state index is -1.07. The molecule has 1 aromatic carbocycles. The summed E-state index contributed by atoms with van der Waals surface area (Å²) in [5.41, 5.74) is -0.127. The van der Waals surface area contributed by atoms with Crippen molar-refractivity contribution in [1.82, 2.24) is 9.88 Å². The molecule has 0 saturated carbocycles. The van der Waals surface area contributed by atoms with Crippen LogP contribution in [0.25, 0.3) is 10.9 Å². The molecule has 0 saturated heterocycles. The van der Waals surface area contributed by atoms with Crippen molar-refractivity contribution in [2.75, 3.05) is 0 Å². The van der Waals surface area contributed by atoms with Crippen LogP contribution in [0.3, 0.4) is 0 Å². The molecular formula is C23H36N2O2. The van der Waals surface area contributed by atoms with Gasteiger partial charge in [0.1, 0.15) is 5.54 Å². The molecule has 0 bridgehead atoms. The van der Waals surface area contributed by atoms with Crippen LogP contribution in [-0.4, -0.2) is 37.6 Å². The van der Waals surface area contributed by atoms with Crippen LogP contribution in [0, 0.1) is 5.41 Å². The minimum Gasteiger partial charge on any atom is -0.480 e. The standard InChI is InChI=1S/C23H36N2O2/c1-20(2,3)23(19(26)27,25(21(4,5)6)22(7,8)9)14-16-15-24-18-13-11-10-12-17(16)18/h10-13,15,24H,14H2,1-9H3,(H,26,27)/t23-/m0/s1. The lowest BCUT2D eigenvalue weighted by Gasteiger charge is -2.59. The number of aromatic nitrogens is 1. The van der Waals surface area contributed by atoms with E-state index in [-0.39, 0.29) is 11.1 Å². The van der Waals surface area contributed by atoms with Crippen LogP contribution in [-0.2, 0) is 11.2 Å².